The maximum Gasteiger partial charge on any atom is 0.303 e. The van der Waals surface area contributed by atoms with Gasteiger partial charge >= 0.3 is 6.43 Å². The number of hydrogen-bond donors (Lipinski definition) is 0. The number of aromatic nitrogens is 1. The number of nitrogens with zero attached hydrogens (tertiary/aromatic N) is 1. The number of Topliss-reactive ketones (excluding diaryl/α,β-unsaturated/α-hetero) is 1. The summed E-state index contributed by atoms with van der Waals surface area (Å²) in [5.41, 5.74) is 0. The van der Waals surface area contributed by atoms with E-state index in [1.165, 1.54) is 12.5 Å². The van der Waals surface area contributed by atoms with Crippen molar-refractivity contribution in [1.82, 2.24) is 4.98 Å². The van der Waals surface area contributed by atoms with Crippen LogP contribution in [0.3, 0.4) is 0 Å². The highest BCUT2D eigenvalue weighted by molar-refractivity contribution is 7.12. The van der Waals surface area contributed by atoms with Crippen LogP contribution in [0, 0.1) is 0 Å². The fourth-order valence-corrected chi connectivity index (χ4v) is 1.27. The number of thiazole rings is 1. The second kappa shape index (κ2) is 3.57. The number of carbonyl (C=O) groups excluding carboxylic acids is 1. The number of halogens is 2. The molecule has 3 nitrogen and oxygen atoms in total. The number of methoxy groups -OCH3 is 1. The maximum atomic E-state index is 11.8. The molecule has 0 bridgehead atoms. The maximum absolute atomic E-state index is 11.8. The van der Waals surface area contributed by atoms with Crippen LogP contribution in [0.4, 0.5) is 8.78 Å². The Kier molecular flexibility index (Phi) is 2.69. The van der Waals surface area contributed by atoms with Crippen LogP contribution in [-0.2, 0) is 0 Å². The molecule has 0 saturated heterocycles. The summed E-state index contributed by atoms with van der Waals surface area (Å²) in [6, 6.07) is 0. The minimum Gasteiger partial charge on any atom is -0.480 e. The van der Waals surface area contributed by atoms with E-state index in [0.717, 1.165) is 11.3 Å². The lowest BCUT2D eigenvalue weighted by Gasteiger charge is -1.91. The van der Waals surface area contributed by atoms with E-state index in [1.54, 1.807) is 0 Å². The molecule has 1 aromatic rings. The second-order valence-corrected chi connectivity index (χ2v) is 2.72. The number of ketones is 1. The molecule has 0 atom stereocenters. The van der Waals surface area contributed by atoms with Crippen molar-refractivity contribution in [1.29, 1.82) is 0 Å². The van der Waals surface area contributed by atoms with Crippen molar-refractivity contribution < 1.29 is 18.3 Å². The lowest BCUT2D eigenvalue weighted by atomic mass is 10.4. The number of ether oxygens (including phenoxy) is 1. The Labute approximate surface area is 71.0 Å². The van der Waals surface area contributed by atoms with Gasteiger partial charge in [0.05, 0.1) is 12.5 Å². The largest absolute Gasteiger partial charge is 0.480 e. The minimum absolute atomic E-state index is 0.184. The van der Waals surface area contributed by atoms with Gasteiger partial charge in [0.2, 0.25) is 5.88 Å². The van der Waals surface area contributed by atoms with Crippen molar-refractivity contribution in [3.05, 3.63) is 10.4 Å². The summed E-state index contributed by atoms with van der Waals surface area (Å²) in [4.78, 5) is 14.1. The predicted octanol–water partition coefficient (Wildman–Crippen LogP) is 1.60. The van der Waals surface area contributed by atoms with Crippen LogP contribution in [0.2, 0.25) is 0 Å². The number of rotatable bonds is 3. The molecule has 1 rings (SSSR count). The topological polar surface area (TPSA) is 39.2 Å². The molecule has 0 aliphatic rings. The summed E-state index contributed by atoms with van der Waals surface area (Å²) in [5, 5.41) is 1.18. The van der Waals surface area contributed by atoms with Crippen LogP contribution in [0.15, 0.2) is 5.38 Å². The monoisotopic (exact) mass is 193 g/mol. The predicted molar refractivity (Wildman–Crippen MR) is 39.0 cm³/mol. The Bertz CT molecular complexity index is 287. The molecule has 0 saturated carbocycles. The zero-order chi connectivity index (χ0) is 9.14. The van der Waals surface area contributed by atoms with Gasteiger partial charge in [-0.05, 0) is 0 Å². The highest BCUT2D eigenvalue weighted by Gasteiger charge is 2.21. The fourth-order valence-electron chi connectivity index (χ4n) is 0.559. The fraction of sp³-hybridized carbons (Fsp3) is 0.333. The third-order valence-electron chi connectivity index (χ3n) is 1.10. The van der Waals surface area contributed by atoms with E-state index >= 15 is 0 Å². The van der Waals surface area contributed by atoms with Gasteiger partial charge in [-0.1, -0.05) is 0 Å². The van der Waals surface area contributed by atoms with E-state index in [0.29, 0.717) is 0 Å². The van der Waals surface area contributed by atoms with Gasteiger partial charge in [0.15, 0.2) is 5.01 Å². The van der Waals surface area contributed by atoms with Gasteiger partial charge in [-0.15, -0.1) is 11.3 Å². The summed E-state index contributed by atoms with van der Waals surface area (Å²) < 4.78 is 28.2. The Morgan fingerprint density at radius 3 is 2.83 bits per heavy atom. The molecule has 0 aliphatic heterocycles. The number of hydrogen-bond acceptors (Lipinski definition) is 4. The minimum atomic E-state index is -3.00. The zero-order valence-electron chi connectivity index (χ0n) is 6.08. The molecule has 1 heterocycles. The smallest absolute Gasteiger partial charge is 0.303 e. The van der Waals surface area contributed by atoms with Crippen LogP contribution < -0.4 is 4.74 Å². The first-order valence-corrected chi connectivity index (χ1v) is 3.85. The van der Waals surface area contributed by atoms with Crippen molar-refractivity contribution in [3.8, 4) is 5.88 Å². The Hall–Kier alpha value is -1.04. The van der Waals surface area contributed by atoms with Crippen molar-refractivity contribution in [3.63, 3.8) is 0 Å². The summed E-state index contributed by atoms with van der Waals surface area (Å²) in [7, 11) is 1.35. The van der Waals surface area contributed by atoms with E-state index in [9.17, 15) is 13.6 Å². The van der Waals surface area contributed by atoms with Crippen LogP contribution in [-0.4, -0.2) is 24.3 Å². The van der Waals surface area contributed by atoms with Crippen molar-refractivity contribution in [2.24, 2.45) is 0 Å². The summed E-state index contributed by atoms with van der Waals surface area (Å²) in [5.74, 6) is -1.08. The lowest BCUT2D eigenvalue weighted by molar-refractivity contribution is 0.0678. The quantitative estimate of drug-likeness (QED) is 0.684. The molecule has 0 unspecified atom stereocenters. The second-order valence-electron chi connectivity index (χ2n) is 1.86. The highest BCUT2D eigenvalue weighted by atomic mass is 32.1. The van der Waals surface area contributed by atoms with Crippen LogP contribution >= 0.6 is 11.3 Å². The molecule has 0 fully saturated rings. The van der Waals surface area contributed by atoms with Crippen molar-refractivity contribution in [2.45, 2.75) is 6.43 Å². The van der Waals surface area contributed by atoms with Crippen molar-refractivity contribution in [2.75, 3.05) is 7.11 Å². The SMILES string of the molecule is COc1csc(C(=O)C(F)F)n1. The lowest BCUT2D eigenvalue weighted by Crippen LogP contribution is -2.09. The van der Waals surface area contributed by atoms with Crippen LogP contribution in [0.25, 0.3) is 0 Å². The Morgan fingerprint density at radius 1 is 1.75 bits per heavy atom. The molecule has 0 aromatic carbocycles. The molecule has 0 amide bonds. The van der Waals surface area contributed by atoms with Gasteiger partial charge in [-0.25, -0.2) is 8.78 Å². The van der Waals surface area contributed by atoms with E-state index in [4.69, 9.17) is 0 Å². The average molecular weight is 193 g/mol. The first kappa shape index (κ1) is 9.05. The highest BCUT2D eigenvalue weighted by Crippen LogP contribution is 2.18. The van der Waals surface area contributed by atoms with Gasteiger partial charge in [0, 0.05) is 0 Å². The number of carbonyl (C=O) groups is 1. The number of alkyl halides is 2. The van der Waals surface area contributed by atoms with Gasteiger partial charge in [0.1, 0.15) is 0 Å². The molecule has 66 valence electrons. The third kappa shape index (κ3) is 1.76. The van der Waals surface area contributed by atoms with Gasteiger partial charge in [-0.3, -0.25) is 4.79 Å². The molecule has 6 heteroatoms. The Morgan fingerprint density at radius 2 is 2.42 bits per heavy atom. The molecule has 0 spiro atoms. The molecule has 1 aromatic heterocycles. The molecular formula is C6H5F2NO2S. The Balaban J connectivity index is 2.82. The van der Waals surface area contributed by atoms with E-state index in [1.807, 2.05) is 0 Å². The van der Waals surface area contributed by atoms with E-state index < -0.39 is 12.2 Å². The standard InChI is InChI=1S/C6H5F2NO2S/c1-11-3-2-12-6(9-3)4(10)5(7)8/h2,5H,1H3. The average Bonchev–Trinajstić information content (AvgIpc) is 2.50. The molecule has 0 N–H and O–H groups in total. The first-order valence-electron chi connectivity index (χ1n) is 2.97. The first-order chi connectivity index (χ1) is 5.65. The zero-order valence-corrected chi connectivity index (χ0v) is 6.90. The third-order valence-corrected chi connectivity index (χ3v) is 1.94. The molecular weight excluding hydrogens is 188 g/mol. The summed E-state index contributed by atoms with van der Waals surface area (Å²) in [6.07, 6.45) is -3.00. The summed E-state index contributed by atoms with van der Waals surface area (Å²) in [6.45, 7) is 0. The van der Waals surface area contributed by atoms with Gasteiger partial charge in [0.25, 0.3) is 5.78 Å². The summed E-state index contributed by atoms with van der Waals surface area (Å²) >= 11 is 0.845. The molecule has 0 radical (unpaired) electrons. The van der Waals surface area contributed by atoms with E-state index in [-0.39, 0.29) is 10.9 Å². The van der Waals surface area contributed by atoms with Crippen LogP contribution in [0.5, 0.6) is 5.88 Å². The van der Waals surface area contributed by atoms with Gasteiger partial charge < -0.3 is 4.74 Å². The van der Waals surface area contributed by atoms with Gasteiger partial charge in [-0.2, -0.15) is 4.98 Å². The normalized spacial score (nSPS) is 10.3. The van der Waals surface area contributed by atoms with E-state index in [2.05, 4.69) is 9.72 Å². The molecule has 0 aliphatic carbocycles. The van der Waals surface area contributed by atoms with Crippen molar-refractivity contribution >= 4 is 17.1 Å². The van der Waals surface area contributed by atoms with Crippen LogP contribution in [0.1, 0.15) is 9.80 Å². The molecule has 12 heavy (non-hydrogen) atoms.